The lowest BCUT2D eigenvalue weighted by atomic mass is 10.2. The Morgan fingerprint density at radius 2 is 2.06 bits per heavy atom. The predicted octanol–water partition coefficient (Wildman–Crippen LogP) is 2.76. The van der Waals surface area contributed by atoms with Crippen molar-refractivity contribution in [2.24, 2.45) is 0 Å². The predicted molar refractivity (Wildman–Crippen MR) is 53.3 cm³/mol. The minimum Gasteiger partial charge on any atom is -0.305 e. The maximum Gasteiger partial charge on any atom is 0.416 e. The van der Waals surface area contributed by atoms with Crippen molar-refractivity contribution in [2.45, 2.75) is 6.18 Å². The van der Waals surface area contributed by atoms with Gasteiger partial charge in [-0.3, -0.25) is 0 Å². The normalized spacial score (nSPS) is 11.2. The molecule has 0 N–H and O–H groups in total. The fraction of sp³-hybridized carbons (Fsp3) is 0.0909. The Hall–Kier alpha value is -2.29. The highest BCUT2D eigenvalue weighted by molar-refractivity contribution is 5.38. The third-order valence-electron chi connectivity index (χ3n) is 2.17. The third-order valence-corrected chi connectivity index (χ3v) is 2.17. The van der Waals surface area contributed by atoms with Gasteiger partial charge in [-0.1, -0.05) is 6.07 Å². The van der Waals surface area contributed by atoms with Crippen molar-refractivity contribution in [3.05, 3.63) is 48.0 Å². The minimum absolute atomic E-state index is 0.155. The van der Waals surface area contributed by atoms with Gasteiger partial charge in [0.2, 0.25) is 0 Å². The highest BCUT2D eigenvalue weighted by atomic mass is 19.4. The SMILES string of the molecule is N#Cc1cn(-c2cccc(C(F)(F)F)c2)cn1. The number of benzene rings is 1. The monoisotopic (exact) mass is 237 g/mol. The quantitative estimate of drug-likeness (QED) is 0.765. The van der Waals surface area contributed by atoms with Gasteiger partial charge in [0.15, 0.2) is 5.69 Å². The van der Waals surface area contributed by atoms with Gasteiger partial charge < -0.3 is 4.57 Å². The maximum absolute atomic E-state index is 12.5. The van der Waals surface area contributed by atoms with E-state index in [-0.39, 0.29) is 5.69 Å². The summed E-state index contributed by atoms with van der Waals surface area (Å²) in [4.78, 5) is 3.72. The molecule has 86 valence electrons. The lowest BCUT2D eigenvalue weighted by molar-refractivity contribution is -0.137. The first kappa shape index (κ1) is 11.2. The second kappa shape index (κ2) is 3.94. The van der Waals surface area contributed by atoms with Crippen LogP contribution >= 0.6 is 0 Å². The van der Waals surface area contributed by atoms with E-state index in [1.807, 2.05) is 6.07 Å². The van der Waals surface area contributed by atoms with Crippen LogP contribution in [0, 0.1) is 11.3 Å². The van der Waals surface area contributed by atoms with E-state index in [1.165, 1.54) is 29.2 Å². The average molecular weight is 237 g/mol. The molecular formula is C11H6F3N3. The van der Waals surface area contributed by atoms with Crippen molar-refractivity contribution in [3.63, 3.8) is 0 Å². The highest BCUT2D eigenvalue weighted by Crippen LogP contribution is 2.30. The van der Waals surface area contributed by atoms with E-state index in [0.717, 1.165) is 12.1 Å². The van der Waals surface area contributed by atoms with Gasteiger partial charge in [0.1, 0.15) is 12.4 Å². The summed E-state index contributed by atoms with van der Waals surface area (Å²) in [7, 11) is 0. The Bertz CT molecular complexity index is 578. The summed E-state index contributed by atoms with van der Waals surface area (Å²) >= 11 is 0. The number of imidazole rings is 1. The van der Waals surface area contributed by atoms with Crippen LogP contribution in [0.25, 0.3) is 5.69 Å². The first-order valence-electron chi connectivity index (χ1n) is 4.62. The first-order valence-corrected chi connectivity index (χ1v) is 4.62. The van der Waals surface area contributed by atoms with Crippen LogP contribution < -0.4 is 0 Å². The van der Waals surface area contributed by atoms with Gasteiger partial charge in [0.05, 0.1) is 5.56 Å². The molecule has 1 heterocycles. The van der Waals surface area contributed by atoms with Gasteiger partial charge in [-0.2, -0.15) is 18.4 Å². The van der Waals surface area contributed by atoms with Crippen molar-refractivity contribution >= 4 is 0 Å². The molecule has 0 saturated heterocycles. The van der Waals surface area contributed by atoms with Crippen LogP contribution in [0.15, 0.2) is 36.8 Å². The molecule has 0 aliphatic carbocycles. The standard InChI is InChI=1S/C11H6F3N3/c12-11(13,14)8-2-1-3-10(4-8)17-6-9(5-15)16-7-17/h1-4,6-7H. The van der Waals surface area contributed by atoms with Crippen molar-refractivity contribution in [1.82, 2.24) is 9.55 Å². The van der Waals surface area contributed by atoms with Crippen molar-refractivity contribution in [2.75, 3.05) is 0 Å². The molecule has 0 bridgehead atoms. The number of nitriles is 1. The molecule has 2 aromatic rings. The molecule has 0 amide bonds. The van der Waals surface area contributed by atoms with E-state index in [4.69, 9.17) is 5.26 Å². The van der Waals surface area contributed by atoms with E-state index in [0.29, 0.717) is 5.69 Å². The molecule has 0 radical (unpaired) electrons. The Balaban J connectivity index is 2.44. The molecule has 1 aromatic carbocycles. The Kier molecular flexibility index (Phi) is 2.60. The topological polar surface area (TPSA) is 41.6 Å². The summed E-state index contributed by atoms with van der Waals surface area (Å²) in [6.45, 7) is 0. The summed E-state index contributed by atoms with van der Waals surface area (Å²) in [5.74, 6) is 0. The lowest BCUT2D eigenvalue weighted by Crippen LogP contribution is -2.05. The van der Waals surface area contributed by atoms with Crippen LogP contribution in [-0.2, 0) is 6.18 Å². The zero-order valence-electron chi connectivity index (χ0n) is 8.44. The number of hydrogen-bond acceptors (Lipinski definition) is 2. The first-order chi connectivity index (χ1) is 8.00. The smallest absolute Gasteiger partial charge is 0.305 e. The molecule has 0 aliphatic rings. The zero-order chi connectivity index (χ0) is 12.5. The maximum atomic E-state index is 12.5. The molecule has 6 heteroatoms. The molecule has 17 heavy (non-hydrogen) atoms. The second-order valence-corrected chi connectivity index (χ2v) is 3.33. The van der Waals surface area contributed by atoms with Crippen LogP contribution in [0.3, 0.4) is 0 Å². The van der Waals surface area contributed by atoms with Crippen molar-refractivity contribution < 1.29 is 13.2 Å². The molecule has 0 fully saturated rings. The van der Waals surface area contributed by atoms with Gasteiger partial charge in [-0.15, -0.1) is 0 Å². The van der Waals surface area contributed by atoms with Crippen molar-refractivity contribution in [1.29, 1.82) is 5.26 Å². The van der Waals surface area contributed by atoms with E-state index in [2.05, 4.69) is 4.98 Å². The molecule has 1 aromatic heterocycles. The van der Waals surface area contributed by atoms with Gasteiger partial charge in [0, 0.05) is 11.9 Å². The summed E-state index contributed by atoms with van der Waals surface area (Å²) < 4.78 is 38.8. The number of halogens is 3. The van der Waals surface area contributed by atoms with Crippen LogP contribution in [0.1, 0.15) is 11.3 Å². The second-order valence-electron chi connectivity index (χ2n) is 3.33. The third kappa shape index (κ3) is 2.28. The average Bonchev–Trinajstić information content (AvgIpc) is 2.76. The molecule has 0 aliphatic heterocycles. The molecule has 3 nitrogen and oxygen atoms in total. The summed E-state index contributed by atoms with van der Waals surface area (Å²) in [6.07, 6.45) is -1.71. The molecule has 0 unspecified atom stereocenters. The van der Waals surface area contributed by atoms with E-state index in [1.54, 1.807) is 0 Å². The van der Waals surface area contributed by atoms with Crippen molar-refractivity contribution in [3.8, 4) is 11.8 Å². The molecule has 0 saturated carbocycles. The van der Waals surface area contributed by atoms with Gasteiger partial charge in [-0.25, -0.2) is 4.98 Å². The minimum atomic E-state index is -4.38. The Morgan fingerprint density at radius 1 is 1.29 bits per heavy atom. The molecule has 0 atom stereocenters. The van der Waals surface area contributed by atoms with E-state index < -0.39 is 11.7 Å². The fourth-order valence-corrected chi connectivity index (χ4v) is 1.36. The lowest BCUT2D eigenvalue weighted by Gasteiger charge is -2.08. The molecule has 2 rings (SSSR count). The van der Waals surface area contributed by atoms with Crippen LogP contribution in [-0.4, -0.2) is 9.55 Å². The zero-order valence-corrected chi connectivity index (χ0v) is 8.44. The molecule has 0 spiro atoms. The number of hydrogen-bond donors (Lipinski definition) is 0. The van der Waals surface area contributed by atoms with Gasteiger partial charge >= 0.3 is 6.18 Å². The number of nitrogens with zero attached hydrogens (tertiary/aromatic N) is 3. The number of rotatable bonds is 1. The molecular weight excluding hydrogens is 231 g/mol. The number of aromatic nitrogens is 2. The fourth-order valence-electron chi connectivity index (χ4n) is 1.36. The van der Waals surface area contributed by atoms with Crippen LogP contribution in [0.5, 0.6) is 0 Å². The van der Waals surface area contributed by atoms with Gasteiger partial charge in [0.25, 0.3) is 0 Å². The summed E-state index contributed by atoms with van der Waals surface area (Å²) in [6, 6.07) is 6.62. The van der Waals surface area contributed by atoms with E-state index in [9.17, 15) is 13.2 Å². The Morgan fingerprint density at radius 3 is 2.65 bits per heavy atom. The van der Waals surface area contributed by atoms with E-state index >= 15 is 0 Å². The van der Waals surface area contributed by atoms with Crippen LogP contribution in [0.4, 0.5) is 13.2 Å². The highest BCUT2D eigenvalue weighted by Gasteiger charge is 2.30. The van der Waals surface area contributed by atoms with Crippen LogP contribution in [0.2, 0.25) is 0 Å². The Labute approximate surface area is 94.7 Å². The number of alkyl halides is 3. The van der Waals surface area contributed by atoms with Gasteiger partial charge in [-0.05, 0) is 18.2 Å². The summed E-state index contributed by atoms with van der Waals surface area (Å²) in [5, 5.41) is 8.58. The summed E-state index contributed by atoms with van der Waals surface area (Å²) in [5.41, 5.74) is -0.265. The largest absolute Gasteiger partial charge is 0.416 e.